The van der Waals surface area contributed by atoms with E-state index in [0.29, 0.717) is 43.7 Å². The van der Waals surface area contributed by atoms with E-state index in [0.717, 1.165) is 50.4 Å². The van der Waals surface area contributed by atoms with Crippen LogP contribution in [0.2, 0.25) is 0 Å². The monoisotopic (exact) mass is 388 g/mol. The molecule has 0 saturated carbocycles. The number of nitrogens with one attached hydrogen (secondary N) is 2. The van der Waals surface area contributed by atoms with Crippen LogP contribution < -0.4 is 5.32 Å². The number of likely N-dealkylation sites (tertiary alicyclic amines) is 1. The van der Waals surface area contributed by atoms with Gasteiger partial charge >= 0.3 is 0 Å². The lowest BCUT2D eigenvalue weighted by Gasteiger charge is -2.38. The van der Waals surface area contributed by atoms with Crippen molar-refractivity contribution >= 4 is 11.8 Å². The average molecular weight is 389 g/mol. The Morgan fingerprint density at radius 3 is 2.50 bits per heavy atom. The first-order valence-corrected chi connectivity index (χ1v) is 10.6. The summed E-state index contributed by atoms with van der Waals surface area (Å²) in [6, 6.07) is 0. The van der Waals surface area contributed by atoms with Crippen molar-refractivity contribution < 1.29 is 9.59 Å². The molecule has 28 heavy (non-hydrogen) atoms. The van der Waals surface area contributed by atoms with Crippen molar-refractivity contribution in [3.05, 3.63) is 17.0 Å². The summed E-state index contributed by atoms with van der Waals surface area (Å²) in [7, 11) is 0. The fourth-order valence-corrected chi connectivity index (χ4v) is 4.82. The van der Waals surface area contributed by atoms with Crippen LogP contribution in [0.1, 0.15) is 42.0 Å². The summed E-state index contributed by atoms with van der Waals surface area (Å²) in [5.74, 6) is 1.39. The van der Waals surface area contributed by atoms with Gasteiger partial charge in [0.15, 0.2) is 5.69 Å². The Morgan fingerprint density at radius 2 is 1.79 bits per heavy atom. The number of carbonyl (C=O) groups is 2. The summed E-state index contributed by atoms with van der Waals surface area (Å²) < 4.78 is 0. The van der Waals surface area contributed by atoms with Crippen LogP contribution >= 0.6 is 0 Å². The van der Waals surface area contributed by atoms with Crippen molar-refractivity contribution in [2.24, 2.45) is 11.8 Å². The molecule has 2 amide bonds. The highest BCUT2D eigenvalue weighted by Gasteiger charge is 2.30. The second-order valence-electron chi connectivity index (χ2n) is 8.77. The molecule has 2 N–H and O–H groups in total. The topological polar surface area (TPSA) is 84.6 Å². The van der Waals surface area contributed by atoms with Crippen molar-refractivity contribution in [1.82, 2.24) is 30.2 Å². The van der Waals surface area contributed by atoms with Gasteiger partial charge in [-0.1, -0.05) is 13.8 Å². The van der Waals surface area contributed by atoms with Gasteiger partial charge in [0.05, 0.1) is 6.54 Å². The smallest absolute Gasteiger partial charge is 0.274 e. The summed E-state index contributed by atoms with van der Waals surface area (Å²) in [6.45, 7) is 11.1. The van der Waals surface area contributed by atoms with Gasteiger partial charge in [-0.3, -0.25) is 19.6 Å². The zero-order valence-corrected chi connectivity index (χ0v) is 17.0. The number of hydrogen-bond acceptors (Lipinski definition) is 5. The van der Waals surface area contributed by atoms with Crippen LogP contribution in [0, 0.1) is 11.8 Å². The molecule has 2 saturated heterocycles. The number of fused-ring (bicyclic) bond motifs is 1. The van der Waals surface area contributed by atoms with Crippen molar-refractivity contribution in [3.63, 3.8) is 0 Å². The summed E-state index contributed by atoms with van der Waals surface area (Å²) in [5.41, 5.74) is 2.65. The van der Waals surface area contributed by atoms with Crippen LogP contribution in [0.3, 0.4) is 0 Å². The Balaban J connectivity index is 1.29. The lowest BCUT2D eigenvalue weighted by atomic mass is 9.92. The SMILES string of the molecule is CC1CC(C)CN(C(=O)CN2CCN(C(=O)c3n[nH]c4c3CNCC4)CC2)C1. The minimum atomic E-state index is 0.00542. The molecule has 3 aliphatic heterocycles. The molecule has 1 aromatic rings. The summed E-state index contributed by atoms with van der Waals surface area (Å²) >= 11 is 0. The molecule has 2 atom stereocenters. The fourth-order valence-electron chi connectivity index (χ4n) is 4.82. The number of nitrogens with zero attached hydrogens (tertiary/aromatic N) is 4. The Morgan fingerprint density at radius 1 is 1.07 bits per heavy atom. The molecule has 8 nitrogen and oxygen atoms in total. The van der Waals surface area contributed by atoms with Gasteiger partial charge in [0.25, 0.3) is 5.91 Å². The normalized spacial score (nSPS) is 26.2. The highest BCUT2D eigenvalue weighted by Crippen LogP contribution is 2.21. The zero-order valence-electron chi connectivity index (χ0n) is 17.0. The van der Waals surface area contributed by atoms with Gasteiger partial charge in [0.1, 0.15) is 0 Å². The van der Waals surface area contributed by atoms with Crippen LogP contribution in [-0.4, -0.2) is 89.1 Å². The van der Waals surface area contributed by atoms with Crippen molar-refractivity contribution in [2.45, 2.75) is 33.2 Å². The molecule has 2 unspecified atom stereocenters. The van der Waals surface area contributed by atoms with E-state index < -0.39 is 0 Å². The van der Waals surface area contributed by atoms with Crippen LogP contribution in [0.25, 0.3) is 0 Å². The van der Waals surface area contributed by atoms with Crippen LogP contribution in [0.15, 0.2) is 0 Å². The molecule has 0 aliphatic carbocycles. The van der Waals surface area contributed by atoms with Crippen molar-refractivity contribution in [3.8, 4) is 0 Å². The molecular formula is C20H32N6O2. The number of piperidine rings is 1. The first-order valence-electron chi connectivity index (χ1n) is 10.6. The van der Waals surface area contributed by atoms with E-state index in [-0.39, 0.29) is 11.8 Å². The Labute approximate surface area is 166 Å². The summed E-state index contributed by atoms with van der Waals surface area (Å²) in [6.07, 6.45) is 2.09. The third kappa shape index (κ3) is 4.07. The van der Waals surface area contributed by atoms with Crippen molar-refractivity contribution in [1.29, 1.82) is 0 Å². The number of piperazine rings is 1. The van der Waals surface area contributed by atoms with E-state index in [2.05, 4.69) is 34.3 Å². The Kier molecular flexibility index (Phi) is 5.68. The molecule has 154 valence electrons. The Bertz CT molecular complexity index is 714. The van der Waals surface area contributed by atoms with E-state index in [4.69, 9.17) is 0 Å². The molecule has 3 aliphatic rings. The average Bonchev–Trinajstić information content (AvgIpc) is 3.11. The molecule has 0 aromatic carbocycles. The van der Waals surface area contributed by atoms with E-state index >= 15 is 0 Å². The number of aromatic amines is 1. The maximum atomic E-state index is 12.9. The standard InChI is InChI=1S/C20H32N6O2/c1-14-9-15(2)12-26(11-14)18(27)13-24-5-7-25(8-6-24)20(28)19-16-10-21-4-3-17(16)22-23-19/h14-15,21H,3-13H2,1-2H3,(H,22,23). The predicted octanol–water partition coefficient (Wildman–Crippen LogP) is 0.318. The zero-order chi connectivity index (χ0) is 19.7. The number of hydrogen-bond donors (Lipinski definition) is 2. The van der Waals surface area contributed by atoms with Crippen LogP contribution in [0.4, 0.5) is 0 Å². The first-order chi connectivity index (χ1) is 13.5. The van der Waals surface area contributed by atoms with Gasteiger partial charge in [-0.15, -0.1) is 0 Å². The highest BCUT2D eigenvalue weighted by atomic mass is 16.2. The van der Waals surface area contributed by atoms with Crippen molar-refractivity contribution in [2.75, 3.05) is 52.4 Å². The number of aromatic nitrogens is 2. The first kappa shape index (κ1) is 19.4. The molecule has 8 heteroatoms. The summed E-state index contributed by atoms with van der Waals surface area (Å²) in [4.78, 5) is 31.7. The molecule has 2 fully saturated rings. The van der Waals surface area contributed by atoms with Gasteiger partial charge in [0, 0.05) is 70.0 Å². The predicted molar refractivity (Wildman–Crippen MR) is 106 cm³/mol. The molecule has 0 bridgehead atoms. The number of rotatable bonds is 3. The number of carbonyl (C=O) groups excluding carboxylic acids is 2. The third-order valence-corrected chi connectivity index (χ3v) is 6.25. The minimum absolute atomic E-state index is 0.00542. The van der Waals surface area contributed by atoms with Crippen LogP contribution in [0.5, 0.6) is 0 Å². The third-order valence-electron chi connectivity index (χ3n) is 6.25. The summed E-state index contributed by atoms with van der Waals surface area (Å²) in [5, 5.41) is 10.6. The fraction of sp³-hybridized carbons (Fsp3) is 0.750. The second-order valence-corrected chi connectivity index (χ2v) is 8.77. The number of H-pyrrole nitrogens is 1. The molecule has 4 rings (SSSR count). The van der Waals surface area contributed by atoms with E-state index in [1.165, 1.54) is 6.42 Å². The van der Waals surface area contributed by atoms with E-state index in [9.17, 15) is 9.59 Å². The maximum absolute atomic E-state index is 12.9. The lowest BCUT2D eigenvalue weighted by Crippen LogP contribution is -2.53. The van der Waals surface area contributed by atoms with Crippen LogP contribution in [-0.2, 0) is 17.8 Å². The molecule has 4 heterocycles. The largest absolute Gasteiger partial charge is 0.341 e. The van der Waals surface area contributed by atoms with Gasteiger partial charge in [-0.05, 0) is 18.3 Å². The van der Waals surface area contributed by atoms with Gasteiger partial charge in [-0.2, -0.15) is 5.10 Å². The molecular weight excluding hydrogens is 356 g/mol. The van der Waals surface area contributed by atoms with E-state index in [1.54, 1.807) is 0 Å². The molecule has 0 spiro atoms. The highest BCUT2D eigenvalue weighted by molar-refractivity contribution is 5.94. The lowest BCUT2D eigenvalue weighted by molar-refractivity contribution is -0.135. The number of amides is 2. The van der Waals surface area contributed by atoms with Gasteiger partial charge in [-0.25, -0.2) is 0 Å². The quantitative estimate of drug-likeness (QED) is 0.779. The van der Waals surface area contributed by atoms with Gasteiger partial charge < -0.3 is 15.1 Å². The second kappa shape index (κ2) is 8.21. The van der Waals surface area contributed by atoms with Gasteiger partial charge in [0.2, 0.25) is 5.91 Å². The Hall–Kier alpha value is -1.93. The van der Waals surface area contributed by atoms with E-state index in [1.807, 2.05) is 9.80 Å². The maximum Gasteiger partial charge on any atom is 0.274 e. The molecule has 1 aromatic heterocycles. The molecule has 0 radical (unpaired) electrons. The minimum Gasteiger partial charge on any atom is -0.341 e.